The van der Waals surface area contributed by atoms with Gasteiger partial charge in [-0.15, -0.1) is 0 Å². The molecular formula is C12H22N4O. The number of aromatic nitrogens is 2. The number of anilines is 2. The minimum atomic E-state index is 0.0121. The molecule has 0 aliphatic heterocycles. The second-order valence-electron chi connectivity index (χ2n) is 4.43. The molecule has 0 aliphatic rings. The molecule has 1 atom stereocenters. The van der Waals surface area contributed by atoms with E-state index in [4.69, 9.17) is 0 Å². The quantitative estimate of drug-likeness (QED) is 0.703. The van der Waals surface area contributed by atoms with Crippen molar-refractivity contribution in [3.63, 3.8) is 0 Å². The van der Waals surface area contributed by atoms with Crippen molar-refractivity contribution in [1.82, 2.24) is 9.97 Å². The van der Waals surface area contributed by atoms with Crippen molar-refractivity contribution in [2.45, 2.75) is 33.7 Å². The molecule has 3 N–H and O–H groups in total. The Kier molecular flexibility index (Phi) is 5.15. The number of rotatable bonds is 6. The Morgan fingerprint density at radius 1 is 1.41 bits per heavy atom. The standard InChI is InChI=1S/C12H22N4O/c1-5-13-12-14-6-9(4)11(16-12)15-10(7-17)8(2)3/h6,8,10,17H,5,7H2,1-4H3,(H2,13,14,15,16). The van der Waals surface area contributed by atoms with Crippen LogP contribution in [0.1, 0.15) is 26.3 Å². The molecule has 0 fully saturated rings. The predicted molar refractivity (Wildman–Crippen MR) is 70.3 cm³/mol. The van der Waals surface area contributed by atoms with Crippen molar-refractivity contribution in [2.75, 3.05) is 23.8 Å². The van der Waals surface area contributed by atoms with Gasteiger partial charge in [-0.3, -0.25) is 0 Å². The first-order valence-corrected chi connectivity index (χ1v) is 6.03. The predicted octanol–water partition coefficient (Wildman–Crippen LogP) is 1.65. The van der Waals surface area contributed by atoms with Crippen LogP contribution < -0.4 is 10.6 Å². The van der Waals surface area contributed by atoms with Crippen LogP contribution in [0, 0.1) is 12.8 Å². The number of aryl methyl sites for hydroxylation is 1. The first-order chi connectivity index (χ1) is 8.08. The lowest BCUT2D eigenvalue weighted by Gasteiger charge is -2.21. The average Bonchev–Trinajstić information content (AvgIpc) is 2.29. The summed E-state index contributed by atoms with van der Waals surface area (Å²) in [5.74, 6) is 1.74. The second kappa shape index (κ2) is 6.39. The van der Waals surface area contributed by atoms with Gasteiger partial charge in [0, 0.05) is 18.3 Å². The van der Waals surface area contributed by atoms with Crippen LogP contribution in [-0.4, -0.2) is 34.3 Å². The number of nitrogens with one attached hydrogen (secondary N) is 2. The lowest BCUT2D eigenvalue weighted by Crippen LogP contribution is -2.30. The molecule has 0 radical (unpaired) electrons. The van der Waals surface area contributed by atoms with Crippen molar-refractivity contribution >= 4 is 11.8 Å². The molecule has 1 unspecified atom stereocenters. The van der Waals surface area contributed by atoms with Crippen molar-refractivity contribution in [3.8, 4) is 0 Å². The third-order valence-electron chi connectivity index (χ3n) is 2.63. The van der Waals surface area contributed by atoms with Gasteiger partial charge in [0.15, 0.2) is 0 Å². The summed E-state index contributed by atoms with van der Waals surface area (Å²) >= 11 is 0. The van der Waals surface area contributed by atoms with E-state index in [0.29, 0.717) is 11.9 Å². The summed E-state index contributed by atoms with van der Waals surface area (Å²) in [4.78, 5) is 8.57. The van der Waals surface area contributed by atoms with E-state index in [-0.39, 0.29) is 12.6 Å². The van der Waals surface area contributed by atoms with Gasteiger partial charge >= 0.3 is 0 Å². The first kappa shape index (κ1) is 13.7. The third-order valence-corrected chi connectivity index (χ3v) is 2.63. The molecule has 0 bridgehead atoms. The molecule has 0 amide bonds. The van der Waals surface area contributed by atoms with Gasteiger partial charge in [0.25, 0.3) is 0 Å². The molecule has 0 saturated heterocycles. The van der Waals surface area contributed by atoms with E-state index in [1.807, 2.05) is 13.8 Å². The first-order valence-electron chi connectivity index (χ1n) is 6.03. The topological polar surface area (TPSA) is 70.1 Å². The average molecular weight is 238 g/mol. The van der Waals surface area contributed by atoms with Crippen LogP contribution in [0.5, 0.6) is 0 Å². The van der Waals surface area contributed by atoms with Gasteiger partial charge in [-0.05, 0) is 19.8 Å². The molecule has 5 nitrogen and oxygen atoms in total. The molecule has 1 aromatic rings. The number of aliphatic hydroxyl groups is 1. The fourth-order valence-corrected chi connectivity index (χ4v) is 1.43. The summed E-state index contributed by atoms with van der Waals surface area (Å²) in [6.07, 6.45) is 1.78. The molecule has 96 valence electrons. The molecular weight excluding hydrogens is 216 g/mol. The maximum Gasteiger partial charge on any atom is 0.224 e. The molecule has 0 saturated carbocycles. The van der Waals surface area contributed by atoms with Gasteiger partial charge in [-0.2, -0.15) is 4.98 Å². The van der Waals surface area contributed by atoms with Crippen molar-refractivity contribution in [1.29, 1.82) is 0 Å². The van der Waals surface area contributed by atoms with Gasteiger partial charge in [0.2, 0.25) is 5.95 Å². The summed E-state index contributed by atoms with van der Waals surface area (Å²) in [7, 11) is 0. The molecule has 0 aromatic carbocycles. The summed E-state index contributed by atoms with van der Waals surface area (Å²) in [5.41, 5.74) is 0.978. The molecule has 5 heteroatoms. The zero-order valence-electron chi connectivity index (χ0n) is 11.0. The highest BCUT2D eigenvalue weighted by Gasteiger charge is 2.14. The zero-order valence-corrected chi connectivity index (χ0v) is 11.0. The molecule has 0 aliphatic carbocycles. The van der Waals surface area contributed by atoms with E-state index in [9.17, 15) is 5.11 Å². The van der Waals surface area contributed by atoms with Crippen LogP contribution in [-0.2, 0) is 0 Å². The van der Waals surface area contributed by atoms with E-state index in [0.717, 1.165) is 17.9 Å². The molecule has 17 heavy (non-hydrogen) atoms. The minimum Gasteiger partial charge on any atom is -0.394 e. The smallest absolute Gasteiger partial charge is 0.224 e. The highest BCUT2D eigenvalue weighted by atomic mass is 16.3. The van der Waals surface area contributed by atoms with E-state index < -0.39 is 0 Å². The maximum absolute atomic E-state index is 9.30. The largest absolute Gasteiger partial charge is 0.394 e. The summed E-state index contributed by atoms with van der Waals surface area (Å²) in [5, 5.41) is 15.6. The van der Waals surface area contributed by atoms with Crippen LogP contribution >= 0.6 is 0 Å². The lowest BCUT2D eigenvalue weighted by molar-refractivity contribution is 0.249. The van der Waals surface area contributed by atoms with Crippen molar-refractivity contribution < 1.29 is 5.11 Å². The van der Waals surface area contributed by atoms with Gasteiger partial charge in [-0.25, -0.2) is 4.98 Å². The fraction of sp³-hybridized carbons (Fsp3) is 0.667. The van der Waals surface area contributed by atoms with E-state index in [1.54, 1.807) is 6.20 Å². The van der Waals surface area contributed by atoms with Crippen LogP contribution in [0.15, 0.2) is 6.20 Å². The van der Waals surface area contributed by atoms with Gasteiger partial charge in [0.1, 0.15) is 5.82 Å². The lowest BCUT2D eigenvalue weighted by atomic mass is 10.1. The number of hydrogen-bond donors (Lipinski definition) is 3. The maximum atomic E-state index is 9.30. The van der Waals surface area contributed by atoms with Crippen molar-refractivity contribution in [3.05, 3.63) is 11.8 Å². The van der Waals surface area contributed by atoms with E-state index in [2.05, 4.69) is 34.4 Å². The van der Waals surface area contributed by atoms with E-state index >= 15 is 0 Å². The summed E-state index contributed by atoms with van der Waals surface area (Å²) in [6.45, 7) is 8.97. The normalized spacial score (nSPS) is 12.6. The SMILES string of the molecule is CCNc1ncc(C)c(NC(CO)C(C)C)n1. The fourth-order valence-electron chi connectivity index (χ4n) is 1.43. The van der Waals surface area contributed by atoms with Crippen LogP contribution in [0.4, 0.5) is 11.8 Å². The van der Waals surface area contributed by atoms with E-state index in [1.165, 1.54) is 0 Å². The minimum absolute atomic E-state index is 0.0121. The summed E-state index contributed by atoms with van der Waals surface area (Å²) < 4.78 is 0. The van der Waals surface area contributed by atoms with Crippen LogP contribution in [0.2, 0.25) is 0 Å². The van der Waals surface area contributed by atoms with Gasteiger partial charge < -0.3 is 15.7 Å². The van der Waals surface area contributed by atoms with Crippen LogP contribution in [0.3, 0.4) is 0 Å². The Hall–Kier alpha value is -1.36. The zero-order chi connectivity index (χ0) is 12.8. The Labute approximate surface area is 103 Å². The molecule has 1 rings (SSSR count). The summed E-state index contributed by atoms with van der Waals surface area (Å²) in [6, 6.07) is 0.0121. The van der Waals surface area contributed by atoms with Gasteiger partial charge in [-0.1, -0.05) is 13.8 Å². The number of hydrogen-bond acceptors (Lipinski definition) is 5. The molecule has 1 aromatic heterocycles. The Morgan fingerprint density at radius 3 is 2.65 bits per heavy atom. The van der Waals surface area contributed by atoms with Crippen LogP contribution in [0.25, 0.3) is 0 Å². The molecule has 0 spiro atoms. The highest BCUT2D eigenvalue weighted by Crippen LogP contribution is 2.16. The second-order valence-corrected chi connectivity index (χ2v) is 4.43. The van der Waals surface area contributed by atoms with Gasteiger partial charge in [0.05, 0.1) is 12.6 Å². The Bertz CT molecular complexity index is 354. The third kappa shape index (κ3) is 3.85. The Balaban J connectivity index is 2.84. The van der Waals surface area contributed by atoms with Crippen molar-refractivity contribution in [2.24, 2.45) is 5.92 Å². The highest BCUT2D eigenvalue weighted by molar-refractivity contribution is 5.47. The monoisotopic (exact) mass is 238 g/mol. The number of aliphatic hydroxyl groups excluding tert-OH is 1. The molecule has 1 heterocycles. The number of nitrogens with zero attached hydrogens (tertiary/aromatic N) is 2. The Morgan fingerprint density at radius 2 is 2.12 bits per heavy atom.